The van der Waals surface area contributed by atoms with Crippen molar-refractivity contribution in [2.75, 3.05) is 7.11 Å². The zero-order valence-electron chi connectivity index (χ0n) is 17.5. The zero-order chi connectivity index (χ0) is 24.0. The molecule has 1 aromatic heterocycles. The monoisotopic (exact) mass is 462 g/mol. The van der Waals surface area contributed by atoms with Gasteiger partial charge in [-0.2, -0.15) is 0 Å². The van der Waals surface area contributed by atoms with Crippen LogP contribution < -0.4 is 14.9 Å². The van der Waals surface area contributed by atoms with Crippen LogP contribution in [0.4, 0.5) is 0 Å². The van der Waals surface area contributed by atoms with Gasteiger partial charge >= 0.3 is 0 Å². The van der Waals surface area contributed by atoms with Crippen LogP contribution in [0.1, 0.15) is 6.92 Å². The number of hydrogen-bond acceptors (Lipinski definition) is 11. The number of ether oxygens (including phenoxy) is 3. The molecular formula is C22H22O11. The minimum atomic E-state index is -1.49. The summed E-state index contributed by atoms with van der Waals surface area (Å²) in [7, 11) is 1.20. The largest absolute Gasteiger partial charge is 0.504 e. The Kier molecular flexibility index (Phi) is 5.80. The molecule has 1 aliphatic heterocycles. The van der Waals surface area contributed by atoms with Crippen LogP contribution in [0.2, 0.25) is 0 Å². The van der Waals surface area contributed by atoms with E-state index in [1.807, 2.05) is 0 Å². The predicted molar refractivity (Wildman–Crippen MR) is 112 cm³/mol. The Bertz CT molecular complexity index is 1230. The van der Waals surface area contributed by atoms with Crippen molar-refractivity contribution in [2.45, 2.75) is 37.6 Å². The first kappa shape index (κ1) is 22.7. The highest BCUT2D eigenvalue weighted by molar-refractivity contribution is 5.91. The maximum absolute atomic E-state index is 12.7. The van der Waals surface area contributed by atoms with Crippen molar-refractivity contribution in [2.24, 2.45) is 0 Å². The van der Waals surface area contributed by atoms with Gasteiger partial charge in [0.2, 0.25) is 23.2 Å². The second-order valence-corrected chi connectivity index (χ2v) is 7.58. The molecule has 0 amide bonds. The maximum Gasteiger partial charge on any atom is 0.238 e. The summed E-state index contributed by atoms with van der Waals surface area (Å²) in [6.07, 6.45) is -6.22. The van der Waals surface area contributed by atoms with Crippen LogP contribution in [0.3, 0.4) is 0 Å². The molecule has 2 aromatic carbocycles. The molecule has 4 rings (SSSR count). The molecule has 2 heterocycles. The van der Waals surface area contributed by atoms with Gasteiger partial charge in [-0.3, -0.25) is 4.79 Å². The Morgan fingerprint density at radius 1 is 0.939 bits per heavy atom. The van der Waals surface area contributed by atoms with E-state index >= 15 is 0 Å². The molecule has 11 heteroatoms. The number of aliphatic hydroxyl groups is 3. The van der Waals surface area contributed by atoms with E-state index in [1.165, 1.54) is 38.3 Å². The van der Waals surface area contributed by atoms with Crippen LogP contribution in [0.5, 0.6) is 28.7 Å². The first-order valence-corrected chi connectivity index (χ1v) is 9.89. The number of rotatable bonds is 4. The van der Waals surface area contributed by atoms with Gasteiger partial charge in [0.05, 0.1) is 13.2 Å². The highest BCUT2D eigenvalue weighted by Crippen LogP contribution is 2.43. The fourth-order valence-electron chi connectivity index (χ4n) is 3.62. The lowest BCUT2D eigenvalue weighted by atomic mass is 10.00. The summed E-state index contributed by atoms with van der Waals surface area (Å²) in [5.74, 6) is -2.22. The van der Waals surface area contributed by atoms with Crippen molar-refractivity contribution in [3.8, 4) is 40.1 Å². The van der Waals surface area contributed by atoms with Crippen LogP contribution in [-0.4, -0.2) is 68.5 Å². The number of phenols is 2. The van der Waals surface area contributed by atoms with Crippen LogP contribution >= 0.6 is 0 Å². The summed E-state index contributed by atoms with van der Waals surface area (Å²) in [5, 5.41) is 60.0. The molecule has 33 heavy (non-hydrogen) atoms. The van der Waals surface area contributed by atoms with Gasteiger partial charge in [0.1, 0.15) is 35.0 Å². The topological polar surface area (TPSA) is 179 Å². The fourth-order valence-corrected chi connectivity index (χ4v) is 3.62. The fraction of sp³-hybridized carbons (Fsp3) is 0.318. The summed E-state index contributed by atoms with van der Waals surface area (Å²) in [6.45, 7) is 1.52. The molecule has 0 bridgehead atoms. The van der Waals surface area contributed by atoms with Crippen LogP contribution in [-0.2, 0) is 4.74 Å². The Labute approximate surface area is 186 Å². The van der Waals surface area contributed by atoms with E-state index in [0.717, 1.165) is 6.07 Å². The molecule has 0 aliphatic carbocycles. The molecule has 6 N–H and O–H groups in total. The number of methoxy groups -OCH3 is 1. The lowest BCUT2D eigenvalue weighted by Gasteiger charge is -2.38. The van der Waals surface area contributed by atoms with Crippen molar-refractivity contribution >= 4 is 11.0 Å². The predicted octanol–water partition coefficient (Wildman–Crippen LogP) is 0.792. The van der Waals surface area contributed by atoms with Crippen molar-refractivity contribution in [1.82, 2.24) is 0 Å². The van der Waals surface area contributed by atoms with E-state index in [4.69, 9.17) is 18.6 Å². The van der Waals surface area contributed by atoms with Crippen molar-refractivity contribution in [3.63, 3.8) is 0 Å². The molecule has 5 unspecified atom stereocenters. The van der Waals surface area contributed by atoms with E-state index < -0.39 is 53.4 Å². The second-order valence-electron chi connectivity index (χ2n) is 7.58. The second kappa shape index (κ2) is 8.45. The molecular weight excluding hydrogens is 440 g/mol. The van der Waals surface area contributed by atoms with Gasteiger partial charge in [-0.05, 0) is 31.2 Å². The molecule has 1 aliphatic rings. The highest BCUT2D eigenvalue weighted by Gasteiger charge is 2.43. The van der Waals surface area contributed by atoms with Gasteiger partial charge in [0.15, 0.2) is 17.3 Å². The summed E-state index contributed by atoms with van der Waals surface area (Å²) >= 11 is 0. The molecule has 0 saturated carbocycles. The van der Waals surface area contributed by atoms with Crippen LogP contribution in [0.25, 0.3) is 22.3 Å². The normalized spacial score (nSPS) is 25.2. The van der Waals surface area contributed by atoms with Gasteiger partial charge in [0, 0.05) is 11.6 Å². The standard InChI is InChI=1S/C22H22O11/c1-8-14(24)17(27)19(29)22(31-8)32-10-5-3-9(4-6-10)20-18(28)15(25)13-12(33-20)7-11(23)21(30-2)16(13)26/h3-8,14,17,19,22-24,26-29H,1-2H3. The molecule has 1 saturated heterocycles. The average molecular weight is 462 g/mol. The summed E-state index contributed by atoms with van der Waals surface area (Å²) < 4.78 is 21.4. The molecule has 3 aromatic rings. The number of hydrogen-bond donors (Lipinski definition) is 6. The Balaban J connectivity index is 1.66. The number of aromatic hydroxyl groups is 3. The van der Waals surface area contributed by atoms with Gasteiger partial charge < -0.3 is 49.3 Å². The van der Waals surface area contributed by atoms with E-state index in [2.05, 4.69) is 0 Å². The number of aliphatic hydroxyl groups excluding tert-OH is 3. The molecule has 5 atom stereocenters. The first-order valence-electron chi connectivity index (χ1n) is 9.89. The van der Waals surface area contributed by atoms with Crippen LogP contribution in [0.15, 0.2) is 39.5 Å². The number of phenolic OH excluding ortho intramolecular Hbond substituents is 2. The minimum Gasteiger partial charge on any atom is -0.504 e. The smallest absolute Gasteiger partial charge is 0.238 e. The highest BCUT2D eigenvalue weighted by atomic mass is 16.7. The van der Waals surface area contributed by atoms with Crippen molar-refractivity contribution in [3.05, 3.63) is 40.6 Å². The Morgan fingerprint density at radius 3 is 2.24 bits per heavy atom. The SMILES string of the molecule is COc1c(O)cc2oc(-c3ccc(OC4OC(C)C(O)C(O)C4O)cc3)c(O)c(=O)c2c1O. The number of fused-ring (bicyclic) bond motifs is 1. The maximum atomic E-state index is 12.7. The average Bonchev–Trinajstić information content (AvgIpc) is 2.79. The van der Waals surface area contributed by atoms with Gasteiger partial charge in [-0.15, -0.1) is 0 Å². The Morgan fingerprint density at radius 2 is 1.61 bits per heavy atom. The minimum absolute atomic E-state index is 0.177. The lowest BCUT2D eigenvalue weighted by Crippen LogP contribution is -2.58. The van der Waals surface area contributed by atoms with Crippen LogP contribution in [0, 0.1) is 0 Å². The third-order valence-electron chi connectivity index (χ3n) is 5.45. The molecule has 11 nitrogen and oxygen atoms in total. The molecule has 1 fully saturated rings. The summed E-state index contributed by atoms with van der Waals surface area (Å²) in [5.41, 5.74) is -0.839. The van der Waals surface area contributed by atoms with E-state index in [9.17, 15) is 35.4 Å². The first-order chi connectivity index (χ1) is 15.6. The summed E-state index contributed by atoms with van der Waals surface area (Å²) in [4.78, 5) is 12.7. The van der Waals surface area contributed by atoms with Crippen molar-refractivity contribution in [1.29, 1.82) is 0 Å². The third-order valence-corrected chi connectivity index (χ3v) is 5.45. The van der Waals surface area contributed by atoms with Crippen molar-refractivity contribution < 1.29 is 49.3 Å². The molecule has 0 radical (unpaired) electrons. The quantitative estimate of drug-likeness (QED) is 0.323. The lowest BCUT2D eigenvalue weighted by molar-refractivity contribution is -0.268. The number of benzene rings is 2. The Hall–Kier alpha value is -3.51. The van der Waals surface area contributed by atoms with E-state index in [-0.39, 0.29) is 33.8 Å². The molecule has 176 valence electrons. The van der Waals surface area contributed by atoms with Gasteiger partial charge in [-0.25, -0.2) is 0 Å². The summed E-state index contributed by atoms with van der Waals surface area (Å²) in [6, 6.07) is 6.87. The third kappa shape index (κ3) is 3.80. The van der Waals surface area contributed by atoms with E-state index in [1.54, 1.807) is 0 Å². The zero-order valence-corrected chi connectivity index (χ0v) is 17.5. The molecule has 0 spiro atoms. The van der Waals surface area contributed by atoms with Gasteiger partial charge in [0.25, 0.3) is 0 Å². The van der Waals surface area contributed by atoms with E-state index in [0.29, 0.717) is 0 Å². The van der Waals surface area contributed by atoms with Gasteiger partial charge in [-0.1, -0.05) is 0 Å².